The first-order valence-electron chi connectivity index (χ1n) is 5.31. The Bertz CT molecular complexity index is 377. The lowest BCUT2D eigenvalue weighted by Crippen LogP contribution is -2.46. The molecular weight excluding hydrogens is 259 g/mol. The van der Waals surface area contributed by atoms with Gasteiger partial charge in [-0.15, -0.1) is 12.4 Å². The van der Waals surface area contributed by atoms with Crippen molar-refractivity contribution in [2.45, 2.75) is 19.4 Å². The molecule has 1 aromatic rings. The van der Waals surface area contributed by atoms with E-state index in [9.17, 15) is 9.18 Å². The average Bonchev–Trinajstić information content (AvgIpc) is 2.25. The molecule has 3 N–H and O–H groups in total. The van der Waals surface area contributed by atoms with Gasteiger partial charge in [0.15, 0.2) is 6.61 Å². The lowest BCUT2D eigenvalue weighted by atomic mass is 10.1. The van der Waals surface area contributed by atoms with Crippen molar-refractivity contribution in [3.8, 4) is 5.75 Å². The minimum Gasteiger partial charge on any atom is -0.484 e. The number of hydrogen-bond donors (Lipinski definition) is 2. The molecule has 0 spiro atoms. The van der Waals surface area contributed by atoms with Gasteiger partial charge in [-0.3, -0.25) is 4.79 Å². The summed E-state index contributed by atoms with van der Waals surface area (Å²) >= 11 is 0. The second-order valence-corrected chi connectivity index (χ2v) is 4.51. The van der Waals surface area contributed by atoms with Gasteiger partial charge in [-0.25, -0.2) is 4.39 Å². The molecule has 0 aliphatic rings. The Labute approximate surface area is 112 Å². The van der Waals surface area contributed by atoms with Crippen molar-refractivity contribution in [3.63, 3.8) is 0 Å². The van der Waals surface area contributed by atoms with Crippen molar-refractivity contribution in [1.82, 2.24) is 5.32 Å². The van der Waals surface area contributed by atoms with Gasteiger partial charge >= 0.3 is 0 Å². The minimum atomic E-state index is -0.453. The summed E-state index contributed by atoms with van der Waals surface area (Å²) in [5.74, 6) is -0.145. The normalized spacial score (nSPS) is 10.4. The van der Waals surface area contributed by atoms with Crippen LogP contribution in [0.1, 0.15) is 13.8 Å². The van der Waals surface area contributed by atoms with E-state index in [1.807, 2.05) is 13.8 Å². The number of nitrogens with one attached hydrogen (secondary N) is 1. The molecule has 0 fully saturated rings. The maximum atomic E-state index is 12.6. The van der Waals surface area contributed by atoms with Gasteiger partial charge in [-0.1, -0.05) is 0 Å². The molecule has 0 aromatic heterocycles. The molecule has 0 saturated carbocycles. The summed E-state index contributed by atoms with van der Waals surface area (Å²) < 4.78 is 17.8. The fraction of sp³-hybridized carbons (Fsp3) is 0.417. The monoisotopic (exact) mass is 276 g/mol. The van der Waals surface area contributed by atoms with Crippen LogP contribution in [0.15, 0.2) is 24.3 Å². The fourth-order valence-corrected chi connectivity index (χ4v) is 1.06. The van der Waals surface area contributed by atoms with E-state index in [4.69, 9.17) is 10.5 Å². The van der Waals surface area contributed by atoms with Crippen LogP contribution < -0.4 is 15.8 Å². The molecule has 0 aliphatic heterocycles. The number of benzene rings is 1. The summed E-state index contributed by atoms with van der Waals surface area (Å²) in [4.78, 5) is 11.4. The molecule has 18 heavy (non-hydrogen) atoms. The predicted octanol–water partition coefficient (Wildman–Crippen LogP) is 1.48. The van der Waals surface area contributed by atoms with Crippen LogP contribution in [0.3, 0.4) is 0 Å². The van der Waals surface area contributed by atoms with E-state index in [1.54, 1.807) is 0 Å². The molecular formula is C12H18ClFN2O2. The third kappa shape index (κ3) is 7.09. The molecule has 1 aromatic carbocycles. The third-order valence-electron chi connectivity index (χ3n) is 1.92. The molecule has 0 radical (unpaired) electrons. The zero-order valence-corrected chi connectivity index (χ0v) is 11.2. The van der Waals surface area contributed by atoms with Crippen LogP contribution >= 0.6 is 12.4 Å². The Balaban J connectivity index is 0.00000289. The van der Waals surface area contributed by atoms with E-state index in [0.717, 1.165) is 0 Å². The molecule has 102 valence electrons. The standard InChI is InChI=1S/C12H17FN2O2.ClH/c1-12(2,14)8-15-11(16)7-17-10-5-3-9(13)4-6-10;/h3-6H,7-8,14H2,1-2H3,(H,15,16);1H. The molecule has 0 bridgehead atoms. The first-order chi connectivity index (χ1) is 7.87. The lowest BCUT2D eigenvalue weighted by molar-refractivity contribution is -0.123. The lowest BCUT2D eigenvalue weighted by Gasteiger charge is -2.18. The number of nitrogens with two attached hydrogens (primary N) is 1. The molecule has 0 unspecified atom stereocenters. The Morgan fingerprint density at radius 3 is 2.44 bits per heavy atom. The van der Waals surface area contributed by atoms with E-state index >= 15 is 0 Å². The fourth-order valence-electron chi connectivity index (χ4n) is 1.06. The van der Waals surface area contributed by atoms with Gasteiger partial charge in [0.25, 0.3) is 5.91 Å². The largest absolute Gasteiger partial charge is 0.484 e. The number of carbonyl (C=O) groups is 1. The molecule has 6 heteroatoms. The maximum absolute atomic E-state index is 12.6. The highest BCUT2D eigenvalue weighted by atomic mass is 35.5. The van der Waals surface area contributed by atoms with E-state index in [-0.39, 0.29) is 30.7 Å². The van der Waals surface area contributed by atoms with Crippen LogP contribution in [-0.2, 0) is 4.79 Å². The van der Waals surface area contributed by atoms with Gasteiger partial charge in [0, 0.05) is 12.1 Å². The Morgan fingerprint density at radius 2 is 1.94 bits per heavy atom. The summed E-state index contributed by atoms with van der Waals surface area (Å²) in [6, 6.07) is 5.48. The van der Waals surface area contributed by atoms with Crippen molar-refractivity contribution in [2.24, 2.45) is 5.73 Å². The highest BCUT2D eigenvalue weighted by molar-refractivity contribution is 5.85. The zero-order valence-electron chi connectivity index (χ0n) is 10.4. The van der Waals surface area contributed by atoms with Crippen LogP contribution in [0, 0.1) is 5.82 Å². The minimum absolute atomic E-state index is 0. The smallest absolute Gasteiger partial charge is 0.258 e. The first kappa shape index (κ1) is 16.7. The van der Waals surface area contributed by atoms with Crippen LogP contribution in [0.5, 0.6) is 5.75 Å². The molecule has 0 aliphatic carbocycles. The molecule has 0 saturated heterocycles. The molecule has 0 atom stereocenters. The molecule has 1 rings (SSSR count). The van der Waals surface area contributed by atoms with Crippen LogP contribution in [0.4, 0.5) is 4.39 Å². The molecule has 0 heterocycles. The van der Waals surface area contributed by atoms with Gasteiger partial charge in [0.2, 0.25) is 0 Å². The zero-order chi connectivity index (χ0) is 12.9. The van der Waals surface area contributed by atoms with Gasteiger partial charge in [-0.05, 0) is 38.1 Å². The van der Waals surface area contributed by atoms with E-state index < -0.39 is 5.54 Å². The van der Waals surface area contributed by atoms with Crippen molar-refractivity contribution in [2.75, 3.05) is 13.2 Å². The maximum Gasteiger partial charge on any atom is 0.258 e. The Morgan fingerprint density at radius 1 is 1.39 bits per heavy atom. The Hall–Kier alpha value is -1.33. The number of rotatable bonds is 5. The number of amides is 1. The second-order valence-electron chi connectivity index (χ2n) is 4.51. The van der Waals surface area contributed by atoms with Gasteiger partial charge < -0.3 is 15.8 Å². The highest BCUT2D eigenvalue weighted by Crippen LogP contribution is 2.10. The third-order valence-corrected chi connectivity index (χ3v) is 1.92. The Kier molecular flexibility index (Phi) is 6.65. The van der Waals surface area contributed by atoms with Crippen molar-refractivity contribution >= 4 is 18.3 Å². The quantitative estimate of drug-likeness (QED) is 0.856. The van der Waals surface area contributed by atoms with Gasteiger partial charge in [-0.2, -0.15) is 0 Å². The van der Waals surface area contributed by atoms with Crippen LogP contribution in [0.25, 0.3) is 0 Å². The number of ether oxygens (including phenoxy) is 1. The number of hydrogen-bond acceptors (Lipinski definition) is 3. The van der Waals surface area contributed by atoms with Crippen molar-refractivity contribution < 1.29 is 13.9 Å². The molecule has 1 amide bonds. The van der Waals surface area contributed by atoms with Crippen molar-refractivity contribution in [1.29, 1.82) is 0 Å². The average molecular weight is 277 g/mol. The predicted molar refractivity (Wildman–Crippen MR) is 70.4 cm³/mol. The highest BCUT2D eigenvalue weighted by Gasteiger charge is 2.12. The number of carbonyl (C=O) groups excluding carboxylic acids is 1. The number of halogens is 2. The van der Waals surface area contributed by atoms with Gasteiger partial charge in [0.1, 0.15) is 11.6 Å². The van der Waals surface area contributed by atoms with Crippen LogP contribution in [0.2, 0.25) is 0 Å². The summed E-state index contributed by atoms with van der Waals surface area (Å²) in [5.41, 5.74) is 5.26. The summed E-state index contributed by atoms with van der Waals surface area (Å²) in [7, 11) is 0. The van der Waals surface area contributed by atoms with E-state index in [1.165, 1.54) is 24.3 Å². The molecule has 4 nitrogen and oxygen atoms in total. The topological polar surface area (TPSA) is 64.3 Å². The SMILES string of the molecule is CC(C)(N)CNC(=O)COc1ccc(F)cc1.Cl. The van der Waals surface area contributed by atoms with Crippen LogP contribution in [-0.4, -0.2) is 24.6 Å². The van der Waals surface area contributed by atoms with E-state index in [2.05, 4.69) is 5.32 Å². The first-order valence-corrected chi connectivity index (χ1v) is 5.31. The van der Waals surface area contributed by atoms with E-state index in [0.29, 0.717) is 12.3 Å². The summed E-state index contributed by atoms with van der Waals surface area (Å²) in [5, 5.41) is 2.64. The van der Waals surface area contributed by atoms with Gasteiger partial charge in [0.05, 0.1) is 0 Å². The second kappa shape index (κ2) is 7.18. The summed E-state index contributed by atoms with van der Waals surface area (Å²) in [6.07, 6.45) is 0. The summed E-state index contributed by atoms with van der Waals surface area (Å²) in [6.45, 7) is 3.89. The van der Waals surface area contributed by atoms with Crippen molar-refractivity contribution in [3.05, 3.63) is 30.1 Å².